The van der Waals surface area contributed by atoms with Crippen LogP contribution in [0.25, 0.3) is 0 Å². The van der Waals surface area contributed by atoms with Crippen LogP contribution in [0.4, 0.5) is 0 Å². The van der Waals surface area contributed by atoms with Crippen LogP contribution in [0.1, 0.15) is 36.3 Å². The molecule has 17 heavy (non-hydrogen) atoms. The van der Waals surface area contributed by atoms with E-state index in [0.717, 1.165) is 23.0 Å². The molecule has 0 radical (unpaired) electrons. The van der Waals surface area contributed by atoms with Gasteiger partial charge in [-0.25, -0.2) is 0 Å². The summed E-state index contributed by atoms with van der Waals surface area (Å²) in [6.07, 6.45) is 1.73. The van der Waals surface area contributed by atoms with Crippen LogP contribution in [-0.2, 0) is 6.42 Å². The SMILES string of the molecule is CCCc1[nH]c(=O)c(C(=O)N(C)CC)cc1Br. The van der Waals surface area contributed by atoms with Crippen molar-refractivity contribution in [3.05, 3.63) is 32.2 Å². The number of aromatic amines is 1. The zero-order valence-electron chi connectivity index (χ0n) is 10.3. The van der Waals surface area contributed by atoms with Crippen LogP contribution in [0.2, 0.25) is 0 Å². The Morgan fingerprint density at radius 3 is 2.65 bits per heavy atom. The van der Waals surface area contributed by atoms with Crippen molar-refractivity contribution >= 4 is 21.8 Å². The number of rotatable bonds is 4. The maximum atomic E-state index is 11.9. The first-order chi connectivity index (χ1) is 8.01. The highest BCUT2D eigenvalue weighted by atomic mass is 79.9. The number of aryl methyl sites for hydroxylation is 1. The number of carbonyl (C=O) groups is 1. The lowest BCUT2D eigenvalue weighted by molar-refractivity contribution is 0.0800. The molecular weight excluding hydrogens is 284 g/mol. The molecule has 1 aromatic rings. The molecule has 0 spiro atoms. The van der Waals surface area contributed by atoms with E-state index in [-0.39, 0.29) is 17.0 Å². The van der Waals surface area contributed by atoms with Gasteiger partial charge in [0.1, 0.15) is 5.56 Å². The van der Waals surface area contributed by atoms with Crippen LogP contribution >= 0.6 is 15.9 Å². The topological polar surface area (TPSA) is 53.2 Å². The van der Waals surface area contributed by atoms with E-state index in [2.05, 4.69) is 20.9 Å². The lowest BCUT2D eigenvalue weighted by Crippen LogP contribution is -2.31. The maximum absolute atomic E-state index is 11.9. The van der Waals surface area contributed by atoms with Crippen molar-refractivity contribution in [2.45, 2.75) is 26.7 Å². The van der Waals surface area contributed by atoms with Crippen molar-refractivity contribution in [2.24, 2.45) is 0 Å². The van der Waals surface area contributed by atoms with Crippen molar-refractivity contribution in [3.8, 4) is 0 Å². The highest BCUT2D eigenvalue weighted by Gasteiger charge is 2.16. The van der Waals surface area contributed by atoms with Crippen molar-refractivity contribution in [1.82, 2.24) is 9.88 Å². The molecule has 1 heterocycles. The van der Waals surface area contributed by atoms with Crippen molar-refractivity contribution in [1.29, 1.82) is 0 Å². The Bertz CT molecular complexity index is 468. The standard InChI is InChI=1S/C12H17BrN2O2/c1-4-6-10-9(13)7-8(11(16)14-10)12(17)15(3)5-2/h7H,4-6H2,1-3H3,(H,14,16). The molecule has 0 atom stereocenters. The molecule has 0 bridgehead atoms. The van der Waals surface area contributed by atoms with Crippen LogP contribution in [0.5, 0.6) is 0 Å². The summed E-state index contributed by atoms with van der Waals surface area (Å²) in [5.74, 6) is -0.252. The fourth-order valence-corrected chi connectivity index (χ4v) is 2.01. The largest absolute Gasteiger partial charge is 0.342 e. The Morgan fingerprint density at radius 2 is 2.12 bits per heavy atom. The van der Waals surface area contributed by atoms with Crippen LogP contribution in [0, 0.1) is 0 Å². The smallest absolute Gasteiger partial charge is 0.261 e. The molecule has 1 aromatic heterocycles. The van der Waals surface area contributed by atoms with Gasteiger partial charge in [0, 0.05) is 23.8 Å². The molecule has 5 heteroatoms. The molecule has 94 valence electrons. The van der Waals surface area contributed by atoms with Gasteiger partial charge in [-0.3, -0.25) is 9.59 Å². The number of nitrogens with one attached hydrogen (secondary N) is 1. The second-order valence-corrected chi connectivity index (χ2v) is 4.76. The molecule has 1 amide bonds. The van der Waals surface area contributed by atoms with Gasteiger partial charge in [0.15, 0.2) is 0 Å². The summed E-state index contributed by atoms with van der Waals surface area (Å²) >= 11 is 3.38. The molecule has 1 N–H and O–H groups in total. The van der Waals surface area contributed by atoms with E-state index in [9.17, 15) is 9.59 Å². The summed E-state index contributed by atoms with van der Waals surface area (Å²) in [5.41, 5.74) is 0.705. The van der Waals surface area contributed by atoms with Crippen molar-refractivity contribution in [3.63, 3.8) is 0 Å². The van der Waals surface area contributed by atoms with Crippen LogP contribution in [-0.4, -0.2) is 29.4 Å². The highest BCUT2D eigenvalue weighted by molar-refractivity contribution is 9.10. The first-order valence-corrected chi connectivity index (χ1v) is 6.47. The second kappa shape index (κ2) is 6.00. The fraction of sp³-hybridized carbons (Fsp3) is 0.500. The molecule has 0 fully saturated rings. The van der Waals surface area contributed by atoms with Gasteiger partial charge in [0.2, 0.25) is 0 Å². The average Bonchev–Trinajstić information content (AvgIpc) is 2.31. The zero-order valence-corrected chi connectivity index (χ0v) is 11.9. The summed E-state index contributed by atoms with van der Waals surface area (Å²) < 4.78 is 0.784. The van der Waals surface area contributed by atoms with E-state index in [1.807, 2.05) is 13.8 Å². The minimum atomic E-state index is -0.318. The minimum absolute atomic E-state index is 0.182. The van der Waals surface area contributed by atoms with Crippen LogP contribution in [0.3, 0.4) is 0 Å². The molecule has 4 nitrogen and oxygen atoms in total. The summed E-state index contributed by atoms with van der Waals surface area (Å²) in [5, 5.41) is 0. The highest BCUT2D eigenvalue weighted by Crippen LogP contribution is 2.16. The molecular formula is C12H17BrN2O2. The van der Waals surface area contributed by atoms with Crippen LogP contribution in [0.15, 0.2) is 15.3 Å². The van der Waals surface area contributed by atoms with E-state index in [1.54, 1.807) is 13.1 Å². The monoisotopic (exact) mass is 300 g/mol. The van der Waals surface area contributed by atoms with E-state index in [4.69, 9.17) is 0 Å². The van der Waals surface area contributed by atoms with Crippen molar-refractivity contribution < 1.29 is 4.79 Å². The number of H-pyrrole nitrogens is 1. The summed E-state index contributed by atoms with van der Waals surface area (Å²) in [7, 11) is 1.68. The average molecular weight is 301 g/mol. The third-order valence-electron chi connectivity index (χ3n) is 2.62. The van der Waals surface area contributed by atoms with Gasteiger partial charge in [-0.05, 0) is 35.3 Å². The number of hydrogen-bond donors (Lipinski definition) is 1. The zero-order chi connectivity index (χ0) is 13.0. The number of carbonyl (C=O) groups excluding carboxylic acids is 1. The second-order valence-electron chi connectivity index (χ2n) is 3.91. The van der Waals surface area contributed by atoms with Crippen molar-refractivity contribution in [2.75, 3.05) is 13.6 Å². The molecule has 0 aliphatic carbocycles. The Balaban J connectivity index is 3.16. The van der Waals surface area contributed by atoms with Gasteiger partial charge in [-0.1, -0.05) is 13.3 Å². The lowest BCUT2D eigenvalue weighted by atomic mass is 10.2. The van der Waals surface area contributed by atoms with E-state index >= 15 is 0 Å². The molecule has 0 saturated carbocycles. The van der Waals surface area contributed by atoms with E-state index in [1.165, 1.54) is 4.90 Å². The number of hydrogen-bond acceptors (Lipinski definition) is 2. The molecule has 0 aromatic carbocycles. The molecule has 0 aliphatic rings. The summed E-state index contributed by atoms with van der Waals surface area (Å²) in [6, 6.07) is 1.61. The normalized spacial score (nSPS) is 10.4. The van der Waals surface area contributed by atoms with Gasteiger partial charge in [0.05, 0.1) is 0 Å². The summed E-state index contributed by atoms with van der Waals surface area (Å²) in [4.78, 5) is 28.0. The Morgan fingerprint density at radius 1 is 1.47 bits per heavy atom. The molecule has 0 aliphatic heterocycles. The van der Waals surface area contributed by atoms with Gasteiger partial charge in [-0.15, -0.1) is 0 Å². The number of amides is 1. The Kier molecular flexibility index (Phi) is 4.93. The predicted molar refractivity (Wildman–Crippen MR) is 71.4 cm³/mol. The fourth-order valence-electron chi connectivity index (χ4n) is 1.48. The Hall–Kier alpha value is -1.10. The van der Waals surface area contributed by atoms with Crippen LogP contribution < -0.4 is 5.56 Å². The predicted octanol–water partition coefficient (Wildman–Crippen LogP) is 2.18. The first-order valence-electron chi connectivity index (χ1n) is 5.68. The van der Waals surface area contributed by atoms with Gasteiger partial charge in [-0.2, -0.15) is 0 Å². The van der Waals surface area contributed by atoms with E-state index < -0.39 is 0 Å². The number of nitrogens with zero attached hydrogens (tertiary/aromatic N) is 1. The van der Waals surface area contributed by atoms with Gasteiger partial charge >= 0.3 is 0 Å². The quantitative estimate of drug-likeness (QED) is 0.926. The third-order valence-corrected chi connectivity index (χ3v) is 3.33. The first kappa shape index (κ1) is 14.0. The number of aromatic nitrogens is 1. The van der Waals surface area contributed by atoms with Gasteiger partial charge < -0.3 is 9.88 Å². The number of pyridine rings is 1. The third kappa shape index (κ3) is 3.19. The minimum Gasteiger partial charge on any atom is -0.342 e. The van der Waals surface area contributed by atoms with E-state index in [0.29, 0.717) is 6.54 Å². The molecule has 0 unspecified atom stereocenters. The molecule has 0 saturated heterocycles. The lowest BCUT2D eigenvalue weighted by Gasteiger charge is -2.14. The Labute approximate surface area is 109 Å². The number of halogens is 1. The summed E-state index contributed by atoms with van der Waals surface area (Å²) in [6.45, 7) is 4.48. The molecule has 1 rings (SSSR count). The maximum Gasteiger partial charge on any atom is 0.261 e. The van der Waals surface area contributed by atoms with Gasteiger partial charge in [0.25, 0.3) is 11.5 Å².